The van der Waals surface area contributed by atoms with E-state index in [-0.39, 0.29) is 11.3 Å². The molecule has 0 fully saturated rings. The number of hydrogen-bond acceptors (Lipinski definition) is 3. The minimum Gasteiger partial charge on any atom is -0.480 e. The fourth-order valence-corrected chi connectivity index (χ4v) is 4.96. The van der Waals surface area contributed by atoms with Gasteiger partial charge in [-0.05, 0) is 53.3 Å². The number of carbonyl (C=O) groups is 1. The molecule has 2 N–H and O–H groups in total. The van der Waals surface area contributed by atoms with Crippen LogP contribution in [0.2, 0.25) is 0 Å². The first-order chi connectivity index (χ1) is 17.3. The van der Waals surface area contributed by atoms with Crippen molar-refractivity contribution in [2.45, 2.75) is 24.3 Å². The average molecular weight is 498 g/mol. The highest BCUT2D eigenvalue weighted by Gasteiger charge is 2.25. The number of hydrogen-bond donors (Lipinski definition) is 2. The lowest BCUT2D eigenvalue weighted by atomic mass is 10.0. The van der Waals surface area contributed by atoms with E-state index < -0.39 is 22.0 Å². The molecule has 182 valence electrons. The van der Waals surface area contributed by atoms with E-state index in [0.29, 0.717) is 0 Å². The highest BCUT2D eigenvalue weighted by Crippen LogP contribution is 2.23. The summed E-state index contributed by atoms with van der Waals surface area (Å²) in [6.07, 6.45) is 4.16. The van der Waals surface area contributed by atoms with Crippen LogP contribution in [0.1, 0.15) is 22.3 Å². The number of benzene rings is 4. The van der Waals surface area contributed by atoms with E-state index >= 15 is 0 Å². The van der Waals surface area contributed by atoms with Gasteiger partial charge in [0.1, 0.15) is 6.04 Å². The lowest BCUT2D eigenvalue weighted by molar-refractivity contribution is -0.138. The van der Waals surface area contributed by atoms with Gasteiger partial charge in [0.15, 0.2) is 0 Å². The van der Waals surface area contributed by atoms with Crippen LogP contribution in [-0.2, 0) is 21.2 Å². The molecule has 4 aromatic carbocycles. The predicted octanol–water partition coefficient (Wildman–Crippen LogP) is 5.81. The van der Waals surface area contributed by atoms with Gasteiger partial charge < -0.3 is 5.11 Å². The third-order valence-corrected chi connectivity index (χ3v) is 7.32. The van der Waals surface area contributed by atoms with Gasteiger partial charge >= 0.3 is 5.97 Å². The van der Waals surface area contributed by atoms with Crippen molar-refractivity contribution in [3.8, 4) is 11.1 Å². The Balaban J connectivity index is 1.44. The van der Waals surface area contributed by atoms with E-state index in [4.69, 9.17) is 0 Å². The molecule has 0 bridgehead atoms. The Morgan fingerprint density at radius 2 is 1.28 bits per heavy atom. The zero-order valence-electron chi connectivity index (χ0n) is 19.8. The average Bonchev–Trinajstić information content (AvgIpc) is 2.89. The molecule has 1 unspecified atom stereocenters. The standard InChI is InChI=1S/C30H27NO4S/c1-22-7-9-23(10-8-22)11-12-24-13-15-26(16-14-24)27-17-19-28(20-18-27)36(34,35)31-29(30(32)33)21-25-5-3-2-4-6-25/h2-20,29,31H,21H2,1H3,(H,32,33)/b12-11+. The lowest BCUT2D eigenvalue weighted by Gasteiger charge is -2.15. The van der Waals surface area contributed by atoms with Gasteiger partial charge in [-0.15, -0.1) is 0 Å². The molecule has 4 aromatic rings. The summed E-state index contributed by atoms with van der Waals surface area (Å²) in [7, 11) is -4.01. The summed E-state index contributed by atoms with van der Waals surface area (Å²) < 4.78 is 28.0. The molecule has 36 heavy (non-hydrogen) atoms. The van der Waals surface area contributed by atoms with Gasteiger partial charge in [0.2, 0.25) is 10.0 Å². The second-order valence-electron chi connectivity index (χ2n) is 8.59. The lowest BCUT2D eigenvalue weighted by Crippen LogP contribution is -2.42. The van der Waals surface area contributed by atoms with Crippen molar-refractivity contribution in [3.05, 3.63) is 125 Å². The van der Waals surface area contributed by atoms with Crippen LogP contribution < -0.4 is 4.72 Å². The van der Waals surface area contributed by atoms with E-state index in [1.165, 1.54) is 17.7 Å². The van der Waals surface area contributed by atoms with Crippen LogP contribution >= 0.6 is 0 Å². The topological polar surface area (TPSA) is 83.5 Å². The van der Waals surface area contributed by atoms with Crippen LogP contribution in [0, 0.1) is 6.92 Å². The molecule has 6 heteroatoms. The first-order valence-electron chi connectivity index (χ1n) is 11.5. The van der Waals surface area contributed by atoms with E-state index in [1.807, 2.05) is 36.4 Å². The van der Waals surface area contributed by atoms with Crippen molar-refractivity contribution in [1.82, 2.24) is 4.72 Å². The van der Waals surface area contributed by atoms with Crippen molar-refractivity contribution in [2.75, 3.05) is 0 Å². The monoisotopic (exact) mass is 497 g/mol. The molecule has 5 nitrogen and oxygen atoms in total. The second-order valence-corrected chi connectivity index (χ2v) is 10.3. The summed E-state index contributed by atoms with van der Waals surface area (Å²) in [5.74, 6) is -1.23. The van der Waals surface area contributed by atoms with Gasteiger partial charge in [0.25, 0.3) is 0 Å². The van der Waals surface area contributed by atoms with E-state index in [9.17, 15) is 18.3 Å². The zero-order valence-corrected chi connectivity index (χ0v) is 20.7. The minimum atomic E-state index is -4.01. The van der Waals surface area contributed by atoms with E-state index in [0.717, 1.165) is 27.8 Å². The quantitative estimate of drug-likeness (QED) is 0.286. The Bertz CT molecular complexity index is 1440. The molecular weight excluding hydrogens is 470 g/mol. The maximum absolute atomic E-state index is 12.9. The third-order valence-electron chi connectivity index (χ3n) is 5.83. The maximum Gasteiger partial charge on any atom is 0.322 e. The molecule has 1 atom stereocenters. The summed E-state index contributed by atoms with van der Waals surface area (Å²) >= 11 is 0. The van der Waals surface area contributed by atoms with Crippen molar-refractivity contribution in [1.29, 1.82) is 0 Å². The van der Waals surface area contributed by atoms with Gasteiger partial charge in [-0.1, -0.05) is 109 Å². The van der Waals surface area contributed by atoms with Crippen molar-refractivity contribution in [2.24, 2.45) is 0 Å². The normalized spacial score (nSPS) is 12.5. The van der Waals surface area contributed by atoms with Gasteiger partial charge in [-0.2, -0.15) is 4.72 Å². The van der Waals surface area contributed by atoms with Crippen LogP contribution in [0.3, 0.4) is 0 Å². The molecule has 0 aromatic heterocycles. The molecule has 0 saturated carbocycles. The van der Waals surface area contributed by atoms with Gasteiger partial charge in [-0.3, -0.25) is 4.79 Å². The van der Waals surface area contributed by atoms with Gasteiger partial charge in [-0.25, -0.2) is 8.42 Å². The molecular formula is C30H27NO4S. The Hall–Kier alpha value is -4.00. The molecule has 0 radical (unpaired) electrons. The number of aliphatic carboxylic acids is 1. The zero-order chi connectivity index (χ0) is 25.5. The summed E-state index contributed by atoms with van der Waals surface area (Å²) in [4.78, 5) is 11.7. The fourth-order valence-electron chi connectivity index (χ4n) is 3.77. The number of rotatable bonds is 9. The predicted molar refractivity (Wildman–Crippen MR) is 144 cm³/mol. The summed E-state index contributed by atoms with van der Waals surface area (Å²) in [6, 6.07) is 30.4. The first-order valence-corrected chi connectivity index (χ1v) is 13.0. The van der Waals surface area contributed by atoms with Gasteiger partial charge in [0.05, 0.1) is 4.90 Å². The number of carboxylic acid groups (broad SMARTS) is 1. The largest absolute Gasteiger partial charge is 0.480 e. The fraction of sp³-hybridized carbons (Fsp3) is 0.100. The number of aryl methyl sites for hydroxylation is 1. The minimum absolute atomic E-state index is 0.0169. The Kier molecular flexibility index (Phi) is 7.78. The highest BCUT2D eigenvalue weighted by molar-refractivity contribution is 7.89. The number of sulfonamides is 1. The number of carboxylic acids is 1. The SMILES string of the molecule is Cc1ccc(/C=C/c2ccc(-c3ccc(S(=O)(=O)NC(Cc4ccccc4)C(=O)O)cc3)cc2)cc1. The van der Waals surface area contributed by atoms with Crippen LogP contribution in [-0.4, -0.2) is 25.5 Å². The molecule has 0 saturated heterocycles. The Morgan fingerprint density at radius 1 is 0.778 bits per heavy atom. The van der Waals surface area contributed by atoms with Gasteiger partial charge in [0, 0.05) is 0 Å². The molecule has 0 amide bonds. The second kappa shape index (κ2) is 11.2. The van der Waals surface area contributed by atoms with Crippen molar-refractivity contribution in [3.63, 3.8) is 0 Å². The van der Waals surface area contributed by atoms with Crippen LogP contribution in [0.5, 0.6) is 0 Å². The smallest absolute Gasteiger partial charge is 0.322 e. The first kappa shape index (κ1) is 25.1. The Morgan fingerprint density at radius 3 is 1.81 bits per heavy atom. The summed E-state index contributed by atoms with van der Waals surface area (Å²) in [5, 5.41) is 9.54. The molecule has 0 aliphatic heterocycles. The molecule has 0 spiro atoms. The molecule has 4 rings (SSSR count). The van der Waals surface area contributed by atoms with E-state index in [2.05, 4.69) is 42.0 Å². The van der Waals surface area contributed by atoms with Crippen LogP contribution in [0.4, 0.5) is 0 Å². The maximum atomic E-state index is 12.9. The number of nitrogens with one attached hydrogen (secondary N) is 1. The van der Waals surface area contributed by atoms with Crippen molar-refractivity contribution < 1.29 is 18.3 Å². The van der Waals surface area contributed by atoms with Crippen molar-refractivity contribution >= 4 is 28.1 Å². The molecule has 0 aliphatic rings. The third kappa shape index (κ3) is 6.56. The van der Waals surface area contributed by atoms with Crippen LogP contribution in [0.25, 0.3) is 23.3 Å². The van der Waals surface area contributed by atoms with Crippen LogP contribution in [0.15, 0.2) is 108 Å². The molecule has 0 aliphatic carbocycles. The summed E-state index contributed by atoms with van der Waals surface area (Å²) in [6.45, 7) is 2.06. The summed E-state index contributed by atoms with van der Waals surface area (Å²) in [5.41, 5.74) is 5.96. The molecule has 0 heterocycles. The Labute approximate surface area is 211 Å². The van der Waals surface area contributed by atoms with E-state index in [1.54, 1.807) is 36.4 Å². The highest BCUT2D eigenvalue weighted by atomic mass is 32.2.